The summed E-state index contributed by atoms with van der Waals surface area (Å²) in [5.41, 5.74) is 0.905. The Morgan fingerprint density at radius 2 is 1.56 bits per heavy atom. The lowest BCUT2D eigenvalue weighted by Gasteiger charge is -2.35. The minimum absolute atomic E-state index is 0.366. The first-order chi connectivity index (χ1) is 15.5. The summed E-state index contributed by atoms with van der Waals surface area (Å²) < 4.78 is 33.9. The quantitative estimate of drug-likeness (QED) is 0.600. The number of piperazine rings is 1. The van der Waals surface area contributed by atoms with E-state index >= 15 is 0 Å². The zero-order valence-corrected chi connectivity index (χ0v) is 19.0. The zero-order chi connectivity index (χ0) is 22.1. The lowest BCUT2D eigenvalue weighted by Crippen LogP contribution is -2.49. The van der Waals surface area contributed by atoms with Crippen molar-refractivity contribution in [1.82, 2.24) is 14.3 Å². The zero-order valence-electron chi connectivity index (χ0n) is 18.1. The van der Waals surface area contributed by atoms with E-state index < -0.39 is 10.0 Å². The molecule has 8 nitrogen and oxygen atoms in total. The Morgan fingerprint density at radius 3 is 2.34 bits per heavy atom. The molecule has 2 aliphatic rings. The number of benzene rings is 2. The number of nitrogens with zero attached hydrogens (tertiary/aromatic N) is 5. The van der Waals surface area contributed by atoms with Crippen LogP contribution in [0.2, 0.25) is 0 Å². The van der Waals surface area contributed by atoms with E-state index in [-0.39, 0.29) is 0 Å². The van der Waals surface area contributed by atoms with E-state index in [1.807, 2.05) is 43.3 Å². The van der Waals surface area contributed by atoms with Gasteiger partial charge in [-0.1, -0.05) is 36.4 Å². The molecule has 0 radical (unpaired) electrons. The summed E-state index contributed by atoms with van der Waals surface area (Å²) in [4.78, 5) is 14.1. The number of aryl methyl sites for hydroxylation is 1. The van der Waals surface area contributed by atoms with Gasteiger partial charge >= 0.3 is 0 Å². The van der Waals surface area contributed by atoms with E-state index in [1.54, 1.807) is 16.4 Å². The number of sulfonamides is 1. The third-order valence-corrected chi connectivity index (χ3v) is 8.01. The number of fused-ring (bicyclic) bond motifs is 1. The summed E-state index contributed by atoms with van der Waals surface area (Å²) in [6.45, 7) is 6.89. The van der Waals surface area contributed by atoms with E-state index in [9.17, 15) is 8.42 Å². The predicted molar refractivity (Wildman–Crippen MR) is 125 cm³/mol. The molecule has 0 saturated carbocycles. The average Bonchev–Trinajstić information content (AvgIpc) is 2.84. The second-order valence-electron chi connectivity index (χ2n) is 8.14. The van der Waals surface area contributed by atoms with Gasteiger partial charge < -0.3 is 14.5 Å². The highest BCUT2D eigenvalue weighted by molar-refractivity contribution is 7.89. The Balaban J connectivity index is 1.34. The molecule has 168 valence electrons. The van der Waals surface area contributed by atoms with Gasteiger partial charge in [0, 0.05) is 56.4 Å². The molecule has 5 rings (SSSR count). The van der Waals surface area contributed by atoms with Gasteiger partial charge in [0.25, 0.3) is 0 Å². The van der Waals surface area contributed by atoms with E-state index in [1.165, 1.54) is 0 Å². The Bertz CT molecular complexity index is 1210. The maximum absolute atomic E-state index is 13.4. The van der Waals surface area contributed by atoms with Gasteiger partial charge in [0.2, 0.25) is 16.0 Å². The van der Waals surface area contributed by atoms with Crippen LogP contribution < -0.4 is 9.80 Å². The van der Waals surface area contributed by atoms with Gasteiger partial charge in [0.05, 0.1) is 18.1 Å². The van der Waals surface area contributed by atoms with Crippen LogP contribution in [0.25, 0.3) is 10.8 Å². The fourth-order valence-electron chi connectivity index (χ4n) is 4.32. The molecule has 3 heterocycles. The van der Waals surface area contributed by atoms with Gasteiger partial charge in [-0.25, -0.2) is 13.4 Å². The second kappa shape index (κ2) is 8.65. The molecule has 9 heteroatoms. The van der Waals surface area contributed by atoms with Gasteiger partial charge in [-0.05, 0) is 18.4 Å². The smallest absolute Gasteiger partial charge is 0.243 e. The van der Waals surface area contributed by atoms with Crippen LogP contribution >= 0.6 is 0 Å². The third-order valence-electron chi connectivity index (χ3n) is 6.05. The van der Waals surface area contributed by atoms with Crippen molar-refractivity contribution in [3.63, 3.8) is 0 Å². The highest BCUT2D eigenvalue weighted by Gasteiger charge is 2.30. The summed E-state index contributed by atoms with van der Waals surface area (Å²) in [6.07, 6.45) is 0. The Labute approximate surface area is 188 Å². The summed E-state index contributed by atoms with van der Waals surface area (Å²) in [5.74, 6) is 1.57. The number of hydrogen-bond donors (Lipinski definition) is 0. The molecule has 0 spiro atoms. The first-order valence-electron chi connectivity index (χ1n) is 10.9. The van der Waals surface area contributed by atoms with Crippen LogP contribution in [0.4, 0.5) is 11.8 Å². The van der Waals surface area contributed by atoms with Crippen molar-refractivity contribution in [3.8, 4) is 0 Å². The summed E-state index contributed by atoms with van der Waals surface area (Å²) in [5, 5.41) is 1.69. The molecule has 1 aromatic heterocycles. The highest BCUT2D eigenvalue weighted by Crippen LogP contribution is 2.27. The first kappa shape index (κ1) is 21.1. The van der Waals surface area contributed by atoms with Gasteiger partial charge in [-0.3, -0.25) is 0 Å². The van der Waals surface area contributed by atoms with Crippen molar-refractivity contribution in [1.29, 1.82) is 0 Å². The van der Waals surface area contributed by atoms with Crippen molar-refractivity contribution in [2.45, 2.75) is 11.8 Å². The largest absolute Gasteiger partial charge is 0.378 e. The Morgan fingerprint density at radius 1 is 0.844 bits per heavy atom. The summed E-state index contributed by atoms with van der Waals surface area (Å²) >= 11 is 0. The Kier molecular flexibility index (Phi) is 5.71. The predicted octanol–water partition coefficient (Wildman–Crippen LogP) is 2.29. The van der Waals surface area contributed by atoms with Crippen molar-refractivity contribution in [3.05, 3.63) is 54.2 Å². The lowest BCUT2D eigenvalue weighted by molar-refractivity contribution is 0.122. The number of hydrogen-bond acceptors (Lipinski definition) is 7. The number of morpholine rings is 1. The summed E-state index contributed by atoms with van der Waals surface area (Å²) in [6, 6.07) is 15.0. The molecule has 2 fully saturated rings. The molecule has 0 aliphatic carbocycles. The number of anilines is 2. The number of rotatable bonds is 4. The molecule has 2 saturated heterocycles. The molecule has 3 aromatic rings. The van der Waals surface area contributed by atoms with Crippen LogP contribution in [0, 0.1) is 6.92 Å². The summed E-state index contributed by atoms with van der Waals surface area (Å²) in [7, 11) is -3.58. The molecule has 0 N–H and O–H groups in total. The fourth-order valence-corrected chi connectivity index (χ4v) is 5.96. The molecule has 2 aromatic carbocycles. The first-order valence-corrected chi connectivity index (χ1v) is 12.4. The van der Waals surface area contributed by atoms with Crippen LogP contribution in [0.3, 0.4) is 0 Å². The molecule has 2 aliphatic heterocycles. The molecular weight excluding hydrogens is 426 g/mol. The highest BCUT2D eigenvalue weighted by atomic mass is 32.2. The molecule has 0 atom stereocenters. The SMILES string of the molecule is Cc1cc(N2CCOCC2)nc(N2CCN(S(=O)(=O)c3cccc4ccccc34)CC2)n1. The topological polar surface area (TPSA) is 78.9 Å². The van der Waals surface area contributed by atoms with E-state index in [4.69, 9.17) is 9.72 Å². The normalized spacial score (nSPS) is 18.3. The number of aromatic nitrogens is 2. The van der Waals surface area contributed by atoms with Crippen molar-refractivity contribution in [2.75, 3.05) is 62.3 Å². The van der Waals surface area contributed by atoms with Gasteiger partial charge in [0.15, 0.2) is 0 Å². The Hall–Kier alpha value is -2.75. The molecule has 0 unspecified atom stereocenters. The number of ether oxygens (including phenoxy) is 1. The third kappa shape index (κ3) is 4.03. The second-order valence-corrected chi connectivity index (χ2v) is 10.0. The van der Waals surface area contributed by atoms with Gasteiger partial charge in [-0.2, -0.15) is 9.29 Å². The van der Waals surface area contributed by atoms with Crippen LogP contribution in [0.1, 0.15) is 5.69 Å². The minimum Gasteiger partial charge on any atom is -0.378 e. The molecule has 0 amide bonds. The van der Waals surface area contributed by atoms with Crippen LogP contribution in [0.5, 0.6) is 0 Å². The monoisotopic (exact) mass is 453 g/mol. The van der Waals surface area contributed by atoms with Crippen LogP contribution in [-0.2, 0) is 14.8 Å². The average molecular weight is 454 g/mol. The maximum Gasteiger partial charge on any atom is 0.243 e. The van der Waals surface area contributed by atoms with E-state index in [0.29, 0.717) is 50.2 Å². The standard InChI is InChI=1S/C23H27N5O3S/c1-18-17-22(26-13-15-31-16-14-26)25-23(24-18)27-9-11-28(12-10-27)32(29,30)21-8-4-6-19-5-2-3-7-20(19)21/h2-8,17H,9-16H2,1H3. The van der Waals surface area contributed by atoms with Gasteiger partial charge in [0.1, 0.15) is 5.82 Å². The van der Waals surface area contributed by atoms with Crippen molar-refractivity contribution in [2.24, 2.45) is 0 Å². The van der Waals surface area contributed by atoms with E-state index in [2.05, 4.69) is 14.8 Å². The maximum atomic E-state index is 13.4. The van der Waals surface area contributed by atoms with E-state index in [0.717, 1.165) is 35.4 Å². The molecular formula is C23H27N5O3S. The van der Waals surface area contributed by atoms with Crippen molar-refractivity contribution < 1.29 is 13.2 Å². The lowest BCUT2D eigenvalue weighted by atomic mass is 10.1. The molecule has 0 bridgehead atoms. The van der Waals surface area contributed by atoms with Crippen molar-refractivity contribution >= 4 is 32.6 Å². The van der Waals surface area contributed by atoms with Crippen LogP contribution in [0.15, 0.2) is 53.4 Å². The fraction of sp³-hybridized carbons (Fsp3) is 0.391. The van der Waals surface area contributed by atoms with Crippen LogP contribution in [-0.4, -0.2) is 75.2 Å². The van der Waals surface area contributed by atoms with Gasteiger partial charge in [-0.15, -0.1) is 0 Å². The molecule has 32 heavy (non-hydrogen) atoms. The minimum atomic E-state index is -3.58.